The SMILES string of the molecule is O=C(CSC1CC(=O)N(c2ccccc2)C1=O)N1CCC(c2nc(-c3cc(-c4ccc(Cl)c(Cl)c4)no3)cs2)CC1. The van der Waals surface area contributed by atoms with Crippen LogP contribution in [0.4, 0.5) is 5.69 Å². The quantitative estimate of drug-likeness (QED) is 0.215. The van der Waals surface area contributed by atoms with Gasteiger partial charge in [0.25, 0.3) is 0 Å². The molecule has 0 radical (unpaired) electrons. The molecule has 3 amide bonds. The van der Waals surface area contributed by atoms with Crippen LogP contribution in [0.2, 0.25) is 10.0 Å². The molecule has 0 N–H and O–H groups in total. The second-order valence-corrected chi connectivity index (χ2v) is 12.7. The van der Waals surface area contributed by atoms with E-state index in [9.17, 15) is 14.4 Å². The van der Waals surface area contributed by atoms with E-state index in [1.807, 2.05) is 28.5 Å². The molecule has 2 aliphatic rings. The van der Waals surface area contributed by atoms with E-state index in [0.29, 0.717) is 40.3 Å². The molecule has 1 unspecified atom stereocenters. The van der Waals surface area contributed by atoms with Gasteiger partial charge in [0.05, 0.1) is 31.7 Å². The number of benzene rings is 2. The van der Waals surface area contributed by atoms with E-state index in [4.69, 9.17) is 32.7 Å². The number of likely N-dealkylation sites (tertiary alicyclic amines) is 1. The average Bonchev–Trinajstić information content (AvgIpc) is 3.73. The summed E-state index contributed by atoms with van der Waals surface area (Å²) >= 11 is 15.0. The van der Waals surface area contributed by atoms with E-state index in [0.717, 1.165) is 29.1 Å². The Morgan fingerprint density at radius 1 is 1.02 bits per heavy atom. The van der Waals surface area contributed by atoms with Gasteiger partial charge in [-0.15, -0.1) is 23.1 Å². The Labute approximate surface area is 254 Å². The predicted octanol–water partition coefficient (Wildman–Crippen LogP) is 6.54. The van der Waals surface area contributed by atoms with Crippen molar-refractivity contribution in [2.45, 2.75) is 30.4 Å². The summed E-state index contributed by atoms with van der Waals surface area (Å²) in [5, 5.41) is 7.51. The molecule has 210 valence electrons. The number of halogens is 2. The Kier molecular flexibility index (Phi) is 8.16. The molecule has 0 spiro atoms. The maximum Gasteiger partial charge on any atom is 0.247 e. The van der Waals surface area contributed by atoms with Crippen LogP contribution in [-0.2, 0) is 14.4 Å². The Bertz CT molecular complexity index is 1600. The summed E-state index contributed by atoms with van der Waals surface area (Å²) in [5.41, 5.74) is 2.74. The van der Waals surface area contributed by atoms with Gasteiger partial charge in [-0.1, -0.05) is 52.6 Å². The number of carbonyl (C=O) groups excluding carboxylic acids is 3. The number of para-hydroxylation sites is 1. The van der Waals surface area contributed by atoms with Gasteiger partial charge in [0, 0.05) is 42.4 Å². The van der Waals surface area contributed by atoms with E-state index in [1.165, 1.54) is 16.7 Å². The molecule has 4 heterocycles. The third-order valence-corrected chi connectivity index (χ3v) is 10.2. The van der Waals surface area contributed by atoms with Crippen molar-refractivity contribution in [3.63, 3.8) is 0 Å². The molecular weight excluding hydrogens is 603 g/mol. The molecule has 4 aromatic rings. The van der Waals surface area contributed by atoms with Gasteiger partial charge in [-0.2, -0.15) is 0 Å². The highest BCUT2D eigenvalue weighted by Crippen LogP contribution is 2.35. The third-order valence-electron chi connectivity index (χ3n) is 7.22. The first-order chi connectivity index (χ1) is 19.9. The van der Waals surface area contributed by atoms with Crippen molar-refractivity contribution in [1.29, 1.82) is 0 Å². The fourth-order valence-electron chi connectivity index (χ4n) is 5.00. The van der Waals surface area contributed by atoms with E-state index >= 15 is 0 Å². The zero-order valence-corrected chi connectivity index (χ0v) is 24.8. The molecule has 0 saturated carbocycles. The van der Waals surface area contributed by atoms with Crippen molar-refractivity contribution in [2.75, 3.05) is 23.7 Å². The fourth-order valence-corrected chi connectivity index (χ4v) is 7.31. The first-order valence-electron chi connectivity index (χ1n) is 13.1. The van der Waals surface area contributed by atoms with E-state index in [1.54, 1.807) is 47.7 Å². The summed E-state index contributed by atoms with van der Waals surface area (Å²) in [6.07, 6.45) is 1.72. The van der Waals surface area contributed by atoms with Gasteiger partial charge < -0.3 is 9.42 Å². The highest BCUT2D eigenvalue weighted by atomic mass is 35.5. The van der Waals surface area contributed by atoms with Gasteiger partial charge >= 0.3 is 0 Å². The molecule has 0 aliphatic carbocycles. The number of anilines is 1. The van der Waals surface area contributed by atoms with Crippen LogP contribution < -0.4 is 4.90 Å². The predicted molar refractivity (Wildman–Crippen MR) is 161 cm³/mol. The Morgan fingerprint density at radius 3 is 2.56 bits per heavy atom. The van der Waals surface area contributed by atoms with E-state index in [-0.39, 0.29) is 35.8 Å². The molecule has 41 heavy (non-hydrogen) atoms. The molecule has 6 rings (SSSR count). The monoisotopic (exact) mass is 626 g/mol. The molecule has 2 fully saturated rings. The topological polar surface area (TPSA) is 96.6 Å². The second kappa shape index (κ2) is 12.0. The molecule has 12 heteroatoms. The number of imide groups is 1. The van der Waals surface area contributed by atoms with Crippen molar-refractivity contribution < 1.29 is 18.9 Å². The van der Waals surface area contributed by atoms with Crippen molar-refractivity contribution in [2.24, 2.45) is 0 Å². The molecular formula is C29H24Cl2N4O4S2. The van der Waals surface area contributed by atoms with Crippen LogP contribution in [0, 0.1) is 0 Å². The summed E-state index contributed by atoms with van der Waals surface area (Å²) < 4.78 is 5.55. The number of hydrogen-bond donors (Lipinski definition) is 0. The van der Waals surface area contributed by atoms with Crippen LogP contribution in [0.3, 0.4) is 0 Å². The number of amides is 3. The lowest BCUT2D eigenvalue weighted by Crippen LogP contribution is -2.39. The number of rotatable bonds is 7. The number of aromatic nitrogens is 2. The van der Waals surface area contributed by atoms with Crippen LogP contribution in [-0.4, -0.2) is 56.9 Å². The minimum absolute atomic E-state index is 0.0109. The third kappa shape index (κ3) is 5.92. The van der Waals surface area contributed by atoms with Crippen LogP contribution in [0.1, 0.15) is 30.2 Å². The van der Waals surface area contributed by atoms with Crippen LogP contribution in [0.25, 0.3) is 22.7 Å². The lowest BCUT2D eigenvalue weighted by Gasteiger charge is -2.31. The van der Waals surface area contributed by atoms with E-state index in [2.05, 4.69) is 5.16 Å². The molecule has 8 nitrogen and oxygen atoms in total. The summed E-state index contributed by atoms with van der Waals surface area (Å²) in [6, 6.07) is 16.0. The molecule has 2 aliphatic heterocycles. The zero-order chi connectivity index (χ0) is 28.5. The number of piperidine rings is 1. The number of thioether (sulfide) groups is 1. The van der Waals surface area contributed by atoms with Crippen LogP contribution in [0.15, 0.2) is 64.5 Å². The molecule has 2 aromatic heterocycles. The average molecular weight is 628 g/mol. The smallest absolute Gasteiger partial charge is 0.247 e. The Morgan fingerprint density at radius 2 is 1.80 bits per heavy atom. The molecule has 2 saturated heterocycles. The van der Waals surface area contributed by atoms with Crippen molar-refractivity contribution >= 4 is 69.7 Å². The van der Waals surface area contributed by atoms with Gasteiger partial charge in [0.2, 0.25) is 17.7 Å². The summed E-state index contributed by atoms with van der Waals surface area (Å²) in [6.45, 7) is 1.24. The number of nitrogens with zero attached hydrogens (tertiary/aromatic N) is 4. The Hall–Kier alpha value is -3.18. The number of thiazole rings is 1. The number of hydrogen-bond acceptors (Lipinski definition) is 8. The van der Waals surface area contributed by atoms with E-state index < -0.39 is 5.25 Å². The zero-order valence-electron chi connectivity index (χ0n) is 21.7. The highest BCUT2D eigenvalue weighted by molar-refractivity contribution is 8.01. The minimum Gasteiger partial charge on any atom is -0.354 e. The lowest BCUT2D eigenvalue weighted by atomic mass is 9.97. The van der Waals surface area contributed by atoms with Gasteiger partial charge in [0.1, 0.15) is 11.4 Å². The Balaban J connectivity index is 1.01. The molecule has 0 bridgehead atoms. The van der Waals surface area contributed by atoms with Crippen molar-refractivity contribution in [1.82, 2.24) is 15.0 Å². The lowest BCUT2D eigenvalue weighted by molar-refractivity contribution is -0.129. The molecule has 1 atom stereocenters. The van der Waals surface area contributed by atoms with Crippen molar-refractivity contribution in [3.05, 3.63) is 75.0 Å². The van der Waals surface area contributed by atoms with Gasteiger partial charge in [-0.3, -0.25) is 14.4 Å². The van der Waals surface area contributed by atoms with Gasteiger partial charge in [-0.05, 0) is 37.1 Å². The van der Waals surface area contributed by atoms with Gasteiger partial charge in [-0.25, -0.2) is 9.88 Å². The summed E-state index contributed by atoms with van der Waals surface area (Å²) in [7, 11) is 0. The van der Waals surface area contributed by atoms with Crippen LogP contribution >= 0.6 is 46.3 Å². The number of carbonyl (C=O) groups is 3. The van der Waals surface area contributed by atoms with Crippen LogP contribution in [0.5, 0.6) is 0 Å². The minimum atomic E-state index is -0.536. The second-order valence-electron chi connectivity index (χ2n) is 9.84. The standard InChI is InChI=1S/C29H24Cl2N4O4S2/c30-20-7-6-18(12-21(20)31)22-13-24(39-33-22)23-15-41-28(32-23)17-8-10-34(11-9-17)27(37)16-40-25-14-26(36)35(29(25)38)19-4-2-1-3-5-19/h1-7,12-13,15,17,25H,8-11,14,16H2. The first kappa shape index (κ1) is 28.0. The summed E-state index contributed by atoms with van der Waals surface area (Å²) in [5.74, 6) is 0.493. The van der Waals surface area contributed by atoms with Gasteiger partial charge in [0.15, 0.2) is 5.76 Å². The van der Waals surface area contributed by atoms with Crippen molar-refractivity contribution in [3.8, 4) is 22.7 Å². The maximum atomic E-state index is 12.9. The highest BCUT2D eigenvalue weighted by Gasteiger charge is 2.40. The summed E-state index contributed by atoms with van der Waals surface area (Å²) in [4.78, 5) is 46.1. The largest absolute Gasteiger partial charge is 0.354 e. The maximum absolute atomic E-state index is 12.9. The normalized spacial score (nSPS) is 18.0. The molecule has 2 aromatic carbocycles. The first-order valence-corrected chi connectivity index (χ1v) is 15.7. The fraction of sp³-hybridized carbons (Fsp3) is 0.276.